The van der Waals surface area contributed by atoms with Gasteiger partial charge >= 0.3 is 12.3 Å². The average molecular weight is 337 g/mol. The van der Waals surface area contributed by atoms with Crippen LogP contribution in [-0.2, 0) is 6.42 Å². The number of oxazole rings is 1. The van der Waals surface area contributed by atoms with Crippen LogP contribution < -0.4 is 10.1 Å². The number of aliphatic hydroxyl groups is 1. The van der Waals surface area contributed by atoms with E-state index in [1.165, 1.54) is 0 Å². The van der Waals surface area contributed by atoms with Crippen LogP contribution in [0.2, 0.25) is 0 Å². The highest BCUT2D eigenvalue weighted by Crippen LogP contribution is 2.36. The molecule has 4 N–H and O–H groups in total. The van der Waals surface area contributed by atoms with Gasteiger partial charge in [0.25, 0.3) is 5.88 Å². The quantitative estimate of drug-likeness (QED) is 0.600. The monoisotopic (exact) mass is 337 g/mol. The fraction of sp³-hybridized carbons (Fsp3) is 0.583. The van der Waals surface area contributed by atoms with Gasteiger partial charge in [0, 0.05) is 12.5 Å². The van der Waals surface area contributed by atoms with E-state index in [1.54, 1.807) is 0 Å². The van der Waals surface area contributed by atoms with Crippen LogP contribution in [0, 0.1) is 11.3 Å². The number of amidine groups is 1. The van der Waals surface area contributed by atoms with Crippen LogP contribution in [0.1, 0.15) is 18.7 Å². The van der Waals surface area contributed by atoms with Gasteiger partial charge in [-0.1, -0.05) is 0 Å². The minimum Gasteiger partial charge on any atom is -0.449 e. The first-order chi connectivity index (χ1) is 10.6. The topological polar surface area (TPSA) is 129 Å². The molecule has 0 saturated carbocycles. The second-order valence-electron chi connectivity index (χ2n) is 5.12. The summed E-state index contributed by atoms with van der Waals surface area (Å²) in [6.07, 6.45) is -7.27. The van der Waals surface area contributed by atoms with Crippen molar-refractivity contribution in [2.45, 2.75) is 37.6 Å². The second-order valence-corrected chi connectivity index (χ2v) is 5.12. The normalized spacial score (nSPS) is 22.7. The lowest BCUT2D eigenvalue weighted by atomic mass is 9.94. The van der Waals surface area contributed by atoms with E-state index in [0.717, 1.165) is 6.26 Å². The molecule has 2 rings (SSSR count). The maximum atomic E-state index is 12.9. The van der Waals surface area contributed by atoms with Crippen molar-refractivity contribution in [2.24, 2.45) is 5.92 Å². The molecule has 3 atom stereocenters. The standard InChI is InChI=1S/C12H14F3N3O5/c13-12(14,15)6-3-8(16)17-7(6)1-5(19)2-9-18-10(4-22-9)23-11(20)21/h4-7,19H,1-3H2,(H2,16,17)(H,20,21)/t5?,6-,7-/m1/s1. The Morgan fingerprint density at radius 2 is 2.30 bits per heavy atom. The molecule has 2 heterocycles. The predicted octanol–water partition coefficient (Wildman–Crippen LogP) is 1.54. The van der Waals surface area contributed by atoms with Crippen molar-refractivity contribution in [1.29, 1.82) is 5.41 Å². The molecule has 128 valence electrons. The molecule has 1 fully saturated rings. The van der Waals surface area contributed by atoms with Gasteiger partial charge in [-0.25, -0.2) is 4.79 Å². The molecule has 1 aliphatic heterocycles. The molecule has 0 aromatic carbocycles. The third-order valence-corrected chi connectivity index (χ3v) is 3.35. The summed E-state index contributed by atoms with van der Waals surface area (Å²) in [5, 5.41) is 28.0. The minimum absolute atomic E-state index is 0.0645. The summed E-state index contributed by atoms with van der Waals surface area (Å²) in [7, 11) is 0. The van der Waals surface area contributed by atoms with E-state index < -0.39 is 36.8 Å². The zero-order valence-corrected chi connectivity index (χ0v) is 11.6. The first-order valence-corrected chi connectivity index (χ1v) is 6.59. The number of alkyl halides is 3. The third kappa shape index (κ3) is 4.58. The summed E-state index contributed by atoms with van der Waals surface area (Å²) < 4.78 is 47.7. The molecule has 23 heavy (non-hydrogen) atoms. The number of carboxylic acid groups (broad SMARTS) is 1. The molecule has 1 saturated heterocycles. The van der Waals surface area contributed by atoms with Gasteiger partial charge in [0.1, 0.15) is 0 Å². The highest BCUT2D eigenvalue weighted by Gasteiger charge is 2.49. The van der Waals surface area contributed by atoms with Gasteiger partial charge in [0.2, 0.25) is 0 Å². The average Bonchev–Trinajstić information content (AvgIpc) is 2.95. The summed E-state index contributed by atoms with van der Waals surface area (Å²) in [6, 6.07) is -1.11. The van der Waals surface area contributed by atoms with Gasteiger partial charge in [0.15, 0.2) is 12.2 Å². The Morgan fingerprint density at radius 1 is 1.61 bits per heavy atom. The first kappa shape index (κ1) is 17.1. The van der Waals surface area contributed by atoms with Gasteiger partial charge in [-0.05, 0) is 6.42 Å². The number of nitrogens with one attached hydrogen (secondary N) is 2. The summed E-state index contributed by atoms with van der Waals surface area (Å²) in [4.78, 5) is 13.9. The van der Waals surface area contributed by atoms with Crippen LogP contribution in [0.3, 0.4) is 0 Å². The van der Waals surface area contributed by atoms with Crippen LogP contribution in [-0.4, -0.2) is 45.5 Å². The van der Waals surface area contributed by atoms with E-state index in [-0.39, 0.29) is 30.4 Å². The SMILES string of the molecule is N=C1C[C@@H](C(F)(F)F)[C@@H](CC(O)Cc2nc(OC(=O)O)co2)N1. The Morgan fingerprint density at radius 3 is 2.91 bits per heavy atom. The van der Waals surface area contributed by atoms with Gasteiger partial charge in [-0.15, -0.1) is 0 Å². The van der Waals surface area contributed by atoms with Crippen LogP contribution >= 0.6 is 0 Å². The maximum Gasteiger partial charge on any atom is 0.512 e. The highest BCUT2D eigenvalue weighted by atomic mass is 19.4. The third-order valence-electron chi connectivity index (χ3n) is 3.35. The van der Waals surface area contributed by atoms with Crippen molar-refractivity contribution in [2.75, 3.05) is 0 Å². The lowest BCUT2D eigenvalue weighted by Gasteiger charge is -2.23. The molecular weight excluding hydrogens is 323 g/mol. The maximum absolute atomic E-state index is 12.9. The Kier molecular flexibility index (Phi) is 4.78. The number of nitrogens with zero attached hydrogens (tertiary/aromatic N) is 1. The minimum atomic E-state index is -4.47. The van der Waals surface area contributed by atoms with Crippen molar-refractivity contribution < 1.29 is 37.3 Å². The zero-order valence-electron chi connectivity index (χ0n) is 11.6. The van der Waals surface area contributed by atoms with Crippen molar-refractivity contribution in [3.05, 3.63) is 12.2 Å². The number of aliphatic hydroxyl groups excluding tert-OH is 1. The molecule has 8 nitrogen and oxygen atoms in total. The van der Waals surface area contributed by atoms with Gasteiger partial charge in [0.05, 0.1) is 24.3 Å². The van der Waals surface area contributed by atoms with Crippen molar-refractivity contribution in [3.63, 3.8) is 0 Å². The summed E-state index contributed by atoms with van der Waals surface area (Å²) in [5.41, 5.74) is 0. The van der Waals surface area contributed by atoms with Gasteiger partial charge < -0.3 is 24.7 Å². The van der Waals surface area contributed by atoms with E-state index in [9.17, 15) is 23.1 Å². The number of hydrogen-bond donors (Lipinski definition) is 4. The summed E-state index contributed by atoms with van der Waals surface area (Å²) in [5.74, 6) is -2.35. The lowest BCUT2D eigenvalue weighted by molar-refractivity contribution is -0.177. The van der Waals surface area contributed by atoms with Gasteiger partial charge in [-0.3, -0.25) is 5.41 Å². The number of rotatable bonds is 5. The van der Waals surface area contributed by atoms with Crippen LogP contribution in [0.25, 0.3) is 0 Å². The number of hydrogen-bond acceptors (Lipinski definition) is 6. The molecule has 1 aromatic rings. The van der Waals surface area contributed by atoms with E-state index in [2.05, 4.69) is 15.0 Å². The molecule has 11 heteroatoms. The van der Waals surface area contributed by atoms with Crippen molar-refractivity contribution >= 4 is 12.0 Å². The largest absolute Gasteiger partial charge is 0.512 e. The molecule has 1 aliphatic rings. The molecule has 0 radical (unpaired) electrons. The lowest BCUT2D eigenvalue weighted by Crippen LogP contribution is -2.39. The zero-order chi connectivity index (χ0) is 17.2. The number of aromatic nitrogens is 1. The Hall–Kier alpha value is -2.30. The smallest absolute Gasteiger partial charge is 0.449 e. The highest BCUT2D eigenvalue weighted by molar-refractivity contribution is 5.82. The molecule has 1 aromatic heterocycles. The van der Waals surface area contributed by atoms with E-state index >= 15 is 0 Å². The van der Waals surface area contributed by atoms with E-state index in [1.807, 2.05) is 0 Å². The fourth-order valence-electron chi connectivity index (χ4n) is 2.41. The first-order valence-electron chi connectivity index (χ1n) is 6.59. The Balaban J connectivity index is 1.93. The van der Waals surface area contributed by atoms with Crippen molar-refractivity contribution in [3.8, 4) is 5.88 Å². The fourth-order valence-corrected chi connectivity index (χ4v) is 2.41. The Bertz CT molecular complexity index is 589. The predicted molar refractivity (Wildman–Crippen MR) is 68.3 cm³/mol. The number of ether oxygens (including phenoxy) is 1. The summed E-state index contributed by atoms with van der Waals surface area (Å²) >= 11 is 0. The van der Waals surface area contributed by atoms with Gasteiger partial charge in [-0.2, -0.15) is 18.2 Å². The summed E-state index contributed by atoms with van der Waals surface area (Å²) in [6.45, 7) is 0. The molecule has 0 aliphatic carbocycles. The van der Waals surface area contributed by atoms with Crippen LogP contribution in [0.15, 0.2) is 10.7 Å². The molecular formula is C12H14F3N3O5. The number of halogens is 3. The van der Waals surface area contributed by atoms with Crippen molar-refractivity contribution in [1.82, 2.24) is 10.3 Å². The van der Waals surface area contributed by atoms with E-state index in [0.29, 0.717) is 0 Å². The molecule has 0 amide bonds. The molecule has 1 unspecified atom stereocenters. The van der Waals surface area contributed by atoms with Crippen LogP contribution in [0.4, 0.5) is 18.0 Å². The molecule has 0 bridgehead atoms. The van der Waals surface area contributed by atoms with E-state index in [4.69, 9.17) is 14.9 Å². The van der Waals surface area contributed by atoms with Crippen LogP contribution in [0.5, 0.6) is 5.88 Å². The second kappa shape index (κ2) is 6.44. The Labute approximate surface area is 127 Å². The number of carbonyl (C=O) groups is 1. The molecule has 0 spiro atoms.